The van der Waals surface area contributed by atoms with E-state index in [-0.39, 0.29) is 22.6 Å². The molecule has 4 rings (SSSR count). The Morgan fingerprint density at radius 1 is 1.28 bits per heavy atom. The molecule has 0 saturated heterocycles. The van der Waals surface area contributed by atoms with Crippen molar-refractivity contribution in [1.82, 2.24) is 9.88 Å². The number of aromatic amines is 1. The van der Waals surface area contributed by atoms with Crippen molar-refractivity contribution in [3.05, 3.63) is 69.3 Å². The first-order valence-corrected chi connectivity index (χ1v) is 10.4. The minimum Gasteiger partial charge on any atom is -0.392 e. The summed E-state index contributed by atoms with van der Waals surface area (Å²) in [5.74, 6) is -1.48. The van der Waals surface area contributed by atoms with Crippen LogP contribution in [-0.2, 0) is 6.42 Å². The molecule has 154 valence electrons. The van der Waals surface area contributed by atoms with E-state index in [1.807, 2.05) is 31.2 Å². The molecule has 0 bridgehead atoms. The molecule has 0 radical (unpaired) electrons. The number of aromatic nitrogens is 1. The van der Waals surface area contributed by atoms with Crippen LogP contribution in [0.5, 0.6) is 0 Å². The number of aliphatic hydroxyl groups is 1. The van der Waals surface area contributed by atoms with Gasteiger partial charge in [0.15, 0.2) is 0 Å². The Bertz CT molecular complexity index is 1050. The van der Waals surface area contributed by atoms with Gasteiger partial charge in [-0.1, -0.05) is 45.7 Å². The molecule has 3 atom stereocenters. The van der Waals surface area contributed by atoms with Crippen LogP contribution in [0, 0.1) is 11.6 Å². The molecule has 3 unspecified atom stereocenters. The lowest BCUT2D eigenvalue weighted by Crippen LogP contribution is -2.49. The number of hydrogen-bond donors (Lipinski definition) is 2. The molecule has 3 aromatic rings. The predicted octanol–water partition coefficient (Wildman–Crippen LogP) is 5.44. The van der Waals surface area contributed by atoms with E-state index in [0.717, 1.165) is 16.5 Å². The Morgan fingerprint density at radius 3 is 2.59 bits per heavy atom. The summed E-state index contributed by atoms with van der Waals surface area (Å²) in [6, 6.07) is 8.81. The van der Waals surface area contributed by atoms with E-state index in [9.17, 15) is 18.3 Å². The topological polar surface area (TPSA) is 39.3 Å². The lowest BCUT2D eigenvalue weighted by atomic mass is 9.88. The van der Waals surface area contributed by atoms with Gasteiger partial charge in [-0.3, -0.25) is 4.90 Å². The molecule has 0 amide bonds. The van der Waals surface area contributed by atoms with Gasteiger partial charge in [-0.05, 0) is 37.1 Å². The molecule has 1 aromatic heterocycles. The molecule has 8 heteroatoms. The van der Waals surface area contributed by atoms with Crippen LogP contribution in [0.25, 0.3) is 10.9 Å². The molecule has 0 fully saturated rings. The number of para-hydroxylation sites is 1. The Hall–Kier alpha value is -1.54. The van der Waals surface area contributed by atoms with Gasteiger partial charge in [0.1, 0.15) is 11.6 Å². The first-order valence-electron chi connectivity index (χ1n) is 9.20. The molecule has 3 nitrogen and oxygen atoms in total. The average molecular weight is 488 g/mol. The van der Waals surface area contributed by atoms with Crippen molar-refractivity contribution in [2.24, 2.45) is 0 Å². The lowest BCUT2D eigenvalue weighted by molar-refractivity contribution is 0.0535. The highest BCUT2D eigenvalue weighted by atomic mass is 79.9. The summed E-state index contributed by atoms with van der Waals surface area (Å²) in [7, 11) is 0. The SMILES string of the molecule is CC1Cc2c([nH]c3ccccc23)C(c2c(F)cc(Br)cc2F)N1CC(F)(Cl)CO. The van der Waals surface area contributed by atoms with Gasteiger partial charge in [-0.2, -0.15) is 0 Å². The van der Waals surface area contributed by atoms with Crippen molar-refractivity contribution in [2.45, 2.75) is 30.6 Å². The highest BCUT2D eigenvalue weighted by molar-refractivity contribution is 9.10. The molecule has 2 heterocycles. The van der Waals surface area contributed by atoms with E-state index in [2.05, 4.69) is 20.9 Å². The summed E-state index contributed by atoms with van der Waals surface area (Å²) >= 11 is 8.92. The summed E-state index contributed by atoms with van der Waals surface area (Å²) in [6.07, 6.45) is 0.550. The van der Waals surface area contributed by atoms with Crippen LogP contribution < -0.4 is 0 Å². The zero-order valence-corrected chi connectivity index (χ0v) is 17.9. The molecule has 0 spiro atoms. The number of alkyl halides is 2. The van der Waals surface area contributed by atoms with Crippen LogP contribution >= 0.6 is 27.5 Å². The Kier molecular flexibility index (Phi) is 5.44. The number of benzene rings is 2. The van der Waals surface area contributed by atoms with Crippen molar-refractivity contribution in [3.8, 4) is 0 Å². The van der Waals surface area contributed by atoms with Gasteiger partial charge in [0, 0.05) is 32.7 Å². The number of nitrogens with zero attached hydrogens (tertiary/aromatic N) is 1. The minimum atomic E-state index is -2.43. The van der Waals surface area contributed by atoms with Gasteiger partial charge >= 0.3 is 0 Å². The van der Waals surface area contributed by atoms with Crippen LogP contribution in [0.15, 0.2) is 40.9 Å². The summed E-state index contributed by atoms with van der Waals surface area (Å²) in [5.41, 5.74) is 2.21. The Morgan fingerprint density at radius 2 is 1.93 bits per heavy atom. The smallest absolute Gasteiger partial charge is 0.218 e. The van der Waals surface area contributed by atoms with Crippen LogP contribution in [-0.4, -0.2) is 39.3 Å². The van der Waals surface area contributed by atoms with Crippen molar-refractivity contribution in [3.63, 3.8) is 0 Å². The third-order valence-corrected chi connectivity index (χ3v) is 6.18. The maximum absolute atomic E-state index is 15.0. The van der Waals surface area contributed by atoms with E-state index in [1.165, 1.54) is 12.1 Å². The fourth-order valence-electron chi connectivity index (χ4n) is 4.20. The van der Waals surface area contributed by atoms with Gasteiger partial charge < -0.3 is 10.1 Å². The maximum Gasteiger partial charge on any atom is 0.218 e. The zero-order chi connectivity index (χ0) is 20.9. The highest BCUT2D eigenvalue weighted by Crippen LogP contribution is 2.43. The molecular weight excluding hydrogens is 469 g/mol. The van der Waals surface area contributed by atoms with Gasteiger partial charge in [0.25, 0.3) is 0 Å². The molecule has 1 aliphatic heterocycles. The van der Waals surface area contributed by atoms with Gasteiger partial charge in [-0.15, -0.1) is 0 Å². The fraction of sp³-hybridized carbons (Fsp3) is 0.333. The molecule has 0 aliphatic carbocycles. The van der Waals surface area contributed by atoms with E-state index >= 15 is 0 Å². The number of halogens is 5. The molecule has 2 aromatic carbocycles. The summed E-state index contributed by atoms with van der Waals surface area (Å²) in [6.45, 7) is 0.562. The number of hydrogen-bond acceptors (Lipinski definition) is 2. The summed E-state index contributed by atoms with van der Waals surface area (Å²) in [5, 5.41) is 7.86. The van der Waals surface area contributed by atoms with E-state index in [1.54, 1.807) is 4.90 Å². The lowest BCUT2D eigenvalue weighted by Gasteiger charge is -2.42. The molecule has 29 heavy (non-hydrogen) atoms. The number of H-pyrrole nitrogens is 1. The molecular formula is C21H19BrClF3N2O. The number of rotatable bonds is 4. The monoisotopic (exact) mass is 486 g/mol. The van der Waals surface area contributed by atoms with Gasteiger partial charge in [0.05, 0.1) is 19.2 Å². The van der Waals surface area contributed by atoms with Crippen molar-refractivity contribution >= 4 is 38.4 Å². The first-order chi connectivity index (χ1) is 13.7. The Labute approximate surface area is 179 Å². The van der Waals surface area contributed by atoms with Crippen LogP contribution in [0.4, 0.5) is 13.2 Å². The van der Waals surface area contributed by atoms with E-state index < -0.39 is 29.4 Å². The predicted molar refractivity (Wildman–Crippen MR) is 111 cm³/mol. The standard InChI is InChI=1S/C21H19BrClF3N2O/c1-11-6-14-13-4-2-3-5-17(13)27-19(14)20(28(11)9-21(23,26)10-29)18-15(24)7-12(22)8-16(18)25/h2-5,7-8,11,20,27,29H,6,9-10H2,1H3. The number of nitrogens with one attached hydrogen (secondary N) is 1. The largest absolute Gasteiger partial charge is 0.392 e. The van der Waals surface area contributed by atoms with E-state index in [0.29, 0.717) is 12.1 Å². The quantitative estimate of drug-likeness (QED) is 0.481. The van der Waals surface area contributed by atoms with Gasteiger partial charge in [-0.25, -0.2) is 13.2 Å². The zero-order valence-electron chi connectivity index (χ0n) is 15.5. The Balaban J connectivity index is 1.96. The van der Waals surface area contributed by atoms with Crippen LogP contribution in [0.1, 0.15) is 29.8 Å². The molecule has 0 saturated carbocycles. The summed E-state index contributed by atoms with van der Waals surface area (Å²) < 4.78 is 44.8. The number of aliphatic hydroxyl groups excluding tert-OH is 1. The average Bonchev–Trinajstić information content (AvgIpc) is 3.01. The fourth-order valence-corrected chi connectivity index (χ4v) is 4.74. The molecule has 2 N–H and O–H groups in total. The first kappa shape index (κ1) is 20.7. The van der Waals surface area contributed by atoms with Crippen LogP contribution in [0.3, 0.4) is 0 Å². The normalized spacial score (nSPS) is 21.9. The summed E-state index contributed by atoms with van der Waals surface area (Å²) in [4.78, 5) is 4.88. The third-order valence-electron chi connectivity index (χ3n) is 5.48. The third kappa shape index (κ3) is 3.69. The van der Waals surface area contributed by atoms with Crippen LogP contribution in [0.2, 0.25) is 0 Å². The number of fused-ring (bicyclic) bond motifs is 3. The molecule has 1 aliphatic rings. The van der Waals surface area contributed by atoms with Crippen molar-refractivity contribution in [2.75, 3.05) is 13.2 Å². The highest BCUT2D eigenvalue weighted by Gasteiger charge is 2.42. The second-order valence-electron chi connectivity index (χ2n) is 7.49. The minimum absolute atomic E-state index is 0.182. The second-order valence-corrected chi connectivity index (χ2v) is 9.08. The second kappa shape index (κ2) is 7.61. The maximum atomic E-state index is 15.0. The van der Waals surface area contributed by atoms with Crippen molar-refractivity contribution < 1.29 is 18.3 Å². The van der Waals surface area contributed by atoms with Crippen molar-refractivity contribution in [1.29, 1.82) is 0 Å². The van der Waals surface area contributed by atoms with E-state index in [4.69, 9.17) is 11.6 Å². The van der Waals surface area contributed by atoms with Gasteiger partial charge in [0.2, 0.25) is 5.13 Å².